The molecule has 7 heteroatoms. The van der Waals surface area contributed by atoms with E-state index in [0.29, 0.717) is 19.6 Å². The Morgan fingerprint density at radius 2 is 2.33 bits per heavy atom. The third-order valence-electron chi connectivity index (χ3n) is 3.62. The van der Waals surface area contributed by atoms with Crippen molar-refractivity contribution in [3.05, 3.63) is 20.8 Å². The number of thiophene rings is 1. The van der Waals surface area contributed by atoms with Crippen LogP contribution in [-0.4, -0.2) is 47.0 Å². The number of aliphatic carboxylic acids is 1. The van der Waals surface area contributed by atoms with Crippen LogP contribution in [0.4, 0.5) is 4.79 Å². The zero-order valence-corrected chi connectivity index (χ0v) is 14.3. The summed E-state index contributed by atoms with van der Waals surface area (Å²) in [5.41, 5.74) is 1.10. The lowest BCUT2D eigenvalue weighted by Crippen LogP contribution is -2.46. The maximum atomic E-state index is 12.4. The molecule has 5 nitrogen and oxygen atoms in total. The number of piperidine rings is 1. The standard InChI is InChI=1S/C14H19BrN2O3S/c1-16(7-11-5-12(15)21-9-11)14(20)17-4-2-3-10(8-17)6-13(18)19/h5,9-10H,2-4,6-8H2,1H3,(H,18,19). The number of likely N-dealkylation sites (tertiary alicyclic amines) is 1. The van der Waals surface area contributed by atoms with Crippen LogP contribution in [0.1, 0.15) is 24.8 Å². The van der Waals surface area contributed by atoms with Gasteiger partial charge in [-0.25, -0.2) is 4.79 Å². The van der Waals surface area contributed by atoms with Crippen LogP contribution in [0.3, 0.4) is 0 Å². The Morgan fingerprint density at radius 1 is 1.57 bits per heavy atom. The first kappa shape index (κ1) is 16.3. The molecule has 1 atom stereocenters. The topological polar surface area (TPSA) is 60.9 Å². The molecule has 1 unspecified atom stereocenters. The van der Waals surface area contributed by atoms with Crippen molar-refractivity contribution in [3.63, 3.8) is 0 Å². The fourth-order valence-corrected chi connectivity index (χ4v) is 3.86. The molecule has 2 heterocycles. The number of carbonyl (C=O) groups excluding carboxylic acids is 1. The molecule has 0 spiro atoms. The maximum Gasteiger partial charge on any atom is 0.320 e. The first-order valence-corrected chi connectivity index (χ1v) is 8.57. The highest BCUT2D eigenvalue weighted by atomic mass is 79.9. The molecule has 0 saturated carbocycles. The van der Waals surface area contributed by atoms with Gasteiger partial charge in [0.15, 0.2) is 0 Å². The van der Waals surface area contributed by atoms with Crippen LogP contribution in [-0.2, 0) is 11.3 Å². The lowest BCUT2D eigenvalue weighted by molar-refractivity contribution is -0.138. The van der Waals surface area contributed by atoms with Gasteiger partial charge in [-0.15, -0.1) is 11.3 Å². The number of nitrogens with zero attached hydrogens (tertiary/aromatic N) is 2. The molecule has 1 aromatic heterocycles. The molecule has 1 fully saturated rings. The third-order valence-corrected chi connectivity index (χ3v) is 5.17. The van der Waals surface area contributed by atoms with Crippen molar-refractivity contribution in [2.75, 3.05) is 20.1 Å². The second kappa shape index (κ2) is 7.26. The van der Waals surface area contributed by atoms with Crippen LogP contribution in [0.25, 0.3) is 0 Å². The van der Waals surface area contributed by atoms with E-state index < -0.39 is 5.97 Å². The molecule has 1 aliphatic heterocycles. The molecule has 1 N–H and O–H groups in total. The second-order valence-corrected chi connectivity index (χ2v) is 7.74. The van der Waals surface area contributed by atoms with Crippen LogP contribution in [0.2, 0.25) is 0 Å². The Morgan fingerprint density at radius 3 is 2.95 bits per heavy atom. The SMILES string of the molecule is CN(Cc1csc(Br)c1)C(=O)N1CCCC(CC(=O)O)C1. The van der Waals surface area contributed by atoms with Gasteiger partial charge in [-0.1, -0.05) is 0 Å². The minimum atomic E-state index is -0.786. The number of carboxylic acid groups (broad SMARTS) is 1. The molecule has 21 heavy (non-hydrogen) atoms. The first-order chi connectivity index (χ1) is 9.95. The van der Waals surface area contributed by atoms with Crippen LogP contribution in [0.5, 0.6) is 0 Å². The fourth-order valence-electron chi connectivity index (χ4n) is 2.66. The number of urea groups is 1. The van der Waals surface area contributed by atoms with Gasteiger partial charge in [0.2, 0.25) is 0 Å². The Bertz CT molecular complexity index is 520. The largest absolute Gasteiger partial charge is 0.481 e. The molecular weight excluding hydrogens is 356 g/mol. The summed E-state index contributed by atoms with van der Waals surface area (Å²) in [4.78, 5) is 26.7. The number of halogens is 1. The van der Waals surface area contributed by atoms with Crippen molar-refractivity contribution in [3.8, 4) is 0 Å². The second-order valence-electron chi connectivity index (χ2n) is 5.45. The fraction of sp³-hybridized carbons (Fsp3) is 0.571. The van der Waals surface area contributed by atoms with Crippen LogP contribution < -0.4 is 0 Å². The van der Waals surface area contributed by atoms with Crippen molar-refractivity contribution >= 4 is 39.3 Å². The summed E-state index contributed by atoms with van der Waals surface area (Å²) in [7, 11) is 1.79. The van der Waals surface area contributed by atoms with Gasteiger partial charge in [-0.2, -0.15) is 0 Å². The van der Waals surface area contributed by atoms with Crippen molar-refractivity contribution < 1.29 is 14.7 Å². The number of rotatable bonds is 4. The molecule has 0 aliphatic carbocycles. The van der Waals surface area contributed by atoms with E-state index >= 15 is 0 Å². The van der Waals surface area contributed by atoms with E-state index in [2.05, 4.69) is 15.9 Å². The molecule has 1 saturated heterocycles. The molecular formula is C14H19BrN2O3S. The molecule has 0 bridgehead atoms. The van der Waals surface area contributed by atoms with Crippen LogP contribution >= 0.6 is 27.3 Å². The van der Waals surface area contributed by atoms with Gasteiger partial charge in [-0.05, 0) is 51.7 Å². The number of carboxylic acids is 1. The summed E-state index contributed by atoms with van der Waals surface area (Å²) in [6.07, 6.45) is 1.91. The third kappa shape index (κ3) is 4.71. The maximum absolute atomic E-state index is 12.4. The summed E-state index contributed by atoms with van der Waals surface area (Å²) in [5, 5.41) is 10.9. The van der Waals surface area contributed by atoms with Gasteiger partial charge in [0, 0.05) is 33.1 Å². The quantitative estimate of drug-likeness (QED) is 0.879. The highest BCUT2D eigenvalue weighted by Gasteiger charge is 2.27. The van der Waals surface area contributed by atoms with Gasteiger partial charge in [0.05, 0.1) is 3.79 Å². The van der Waals surface area contributed by atoms with Gasteiger partial charge >= 0.3 is 12.0 Å². The molecule has 0 aromatic carbocycles. The van der Waals surface area contributed by atoms with E-state index in [-0.39, 0.29) is 18.4 Å². The highest BCUT2D eigenvalue weighted by Crippen LogP contribution is 2.23. The van der Waals surface area contributed by atoms with E-state index in [0.717, 1.165) is 22.2 Å². The summed E-state index contributed by atoms with van der Waals surface area (Å²) in [6, 6.07) is 1.99. The Balaban J connectivity index is 1.90. The summed E-state index contributed by atoms with van der Waals surface area (Å²) >= 11 is 5.02. The van der Waals surface area contributed by atoms with Crippen LogP contribution in [0.15, 0.2) is 15.2 Å². The molecule has 116 valence electrons. The zero-order valence-electron chi connectivity index (χ0n) is 11.9. The van der Waals surface area contributed by atoms with Gasteiger partial charge < -0.3 is 14.9 Å². The average molecular weight is 375 g/mol. The van der Waals surface area contributed by atoms with E-state index in [1.165, 1.54) is 0 Å². The van der Waals surface area contributed by atoms with Gasteiger partial charge in [0.25, 0.3) is 0 Å². The lowest BCUT2D eigenvalue weighted by Gasteiger charge is -2.34. The number of amides is 2. The smallest absolute Gasteiger partial charge is 0.320 e. The Kier molecular flexibility index (Phi) is 5.64. The van der Waals surface area contributed by atoms with Crippen molar-refractivity contribution in [1.82, 2.24) is 9.80 Å². The van der Waals surface area contributed by atoms with E-state index in [1.54, 1.807) is 28.2 Å². The minimum Gasteiger partial charge on any atom is -0.481 e. The van der Waals surface area contributed by atoms with Gasteiger partial charge in [0.1, 0.15) is 0 Å². The summed E-state index contributed by atoms with van der Waals surface area (Å²) in [5.74, 6) is -0.713. The van der Waals surface area contributed by atoms with Crippen LogP contribution in [0, 0.1) is 5.92 Å². The molecule has 2 rings (SSSR count). The van der Waals surface area contributed by atoms with Gasteiger partial charge in [-0.3, -0.25) is 4.79 Å². The van der Waals surface area contributed by atoms with Crippen molar-refractivity contribution in [2.24, 2.45) is 5.92 Å². The Labute approximate surface area is 136 Å². The summed E-state index contributed by atoms with van der Waals surface area (Å²) < 4.78 is 1.05. The molecule has 1 aliphatic rings. The molecule has 0 radical (unpaired) electrons. The highest BCUT2D eigenvalue weighted by molar-refractivity contribution is 9.11. The van der Waals surface area contributed by atoms with E-state index in [4.69, 9.17) is 5.11 Å². The van der Waals surface area contributed by atoms with E-state index in [1.807, 2.05) is 11.4 Å². The number of hydrogen-bond acceptors (Lipinski definition) is 3. The van der Waals surface area contributed by atoms with E-state index in [9.17, 15) is 9.59 Å². The van der Waals surface area contributed by atoms with Crippen molar-refractivity contribution in [2.45, 2.75) is 25.8 Å². The number of hydrogen-bond donors (Lipinski definition) is 1. The minimum absolute atomic E-state index is 0.0209. The average Bonchev–Trinajstić information content (AvgIpc) is 2.82. The zero-order chi connectivity index (χ0) is 15.4. The lowest BCUT2D eigenvalue weighted by atomic mass is 9.95. The number of carbonyl (C=O) groups is 2. The van der Waals surface area contributed by atoms with Crippen molar-refractivity contribution in [1.29, 1.82) is 0 Å². The summed E-state index contributed by atoms with van der Waals surface area (Å²) in [6.45, 7) is 1.83. The molecule has 2 amide bonds. The normalized spacial score (nSPS) is 18.6. The predicted octanol–water partition coefficient (Wildman–Crippen LogP) is 3.25. The first-order valence-electron chi connectivity index (χ1n) is 6.90. The Hall–Kier alpha value is -1.08. The molecule has 1 aromatic rings. The predicted molar refractivity (Wildman–Crippen MR) is 85.4 cm³/mol. The monoisotopic (exact) mass is 374 g/mol.